The first kappa shape index (κ1) is 24.7. The number of nitrogens with zero attached hydrogens (tertiary/aromatic N) is 4. The second-order valence-corrected chi connectivity index (χ2v) is 10.0. The average molecular weight is 511 g/mol. The van der Waals surface area contributed by atoms with E-state index in [1.54, 1.807) is 0 Å². The summed E-state index contributed by atoms with van der Waals surface area (Å²) in [6.07, 6.45) is 4.16. The van der Waals surface area contributed by atoms with Gasteiger partial charge in [-0.15, -0.1) is 0 Å². The van der Waals surface area contributed by atoms with Crippen molar-refractivity contribution >= 4 is 23.0 Å². The van der Waals surface area contributed by atoms with Crippen LogP contribution in [0, 0.1) is 17.0 Å². The molecule has 1 spiro atoms. The van der Waals surface area contributed by atoms with E-state index in [0.29, 0.717) is 23.6 Å². The van der Waals surface area contributed by atoms with E-state index >= 15 is 0 Å². The summed E-state index contributed by atoms with van der Waals surface area (Å²) >= 11 is 6.44. The molecule has 3 aromatic rings. The van der Waals surface area contributed by atoms with E-state index in [1.807, 2.05) is 43.5 Å². The summed E-state index contributed by atoms with van der Waals surface area (Å²) in [7, 11) is 0. The van der Waals surface area contributed by atoms with Gasteiger partial charge in [-0.2, -0.15) is 0 Å². The Morgan fingerprint density at radius 1 is 1.06 bits per heavy atom. The van der Waals surface area contributed by atoms with Crippen LogP contribution < -0.4 is 4.90 Å². The number of likely N-dealkylation sites (tertiary alicyclic amines) is 1. The number of aromatic nitrogens is 1. The van der Waals surface area contributed by atoms with E-state index in [9.17, 15) is 8.78 Å². The molecule has 8 heteroatoms. The van der Waals surface area contributed by atoms with Crippen LogP contribution in [0.3, 0.4) is 0 Å². The van der Waals surface area contributed by atoms with Crippen LogP contribution in [0.4, 0.5) is 14.5 Å². The monoisotopic (exact) mass is 510 g/mol. The number of hydrogen-bond acceptors (Lipinski definition) is 5. The third kappa shape index (κ3) is 5.22. The molecule has 0 bridgehead atoms. The summed E-state index contributed by atoms with van der Waals surface area (Å²) < 4.78 is 27.3. The van der Waals surface area contributed by atoms with E-state index in [0.717, 1.165) is 67.6 Å². The number of oxime groups is 1. The Labute approximate surface area is 215 Å². The van der Waals surface area contributed by atoms with Crippen LogP contribution in [-0.4, -0.2) is 48.4 Å². The summed E-state index contributed by atoms with van der Waals surface area (Å²) in [6, 6.07) is 15.6. The molecule has 1 unspecified atom stereocenters. The van der Waals surface area contributed by atoms with E-state index in [4.69, 9.17) is 16.4 Å². The van der Waals surface area contributed by atoms with Gasteiger partial charge in [0.05, 0.1) is 16.4 Å². The first-order chi connectivity index (χ1) is 17.5. The number of rotatable bonds is 7. The van der Waals surface area contributed by atoms with Gasteiger partial charge in [-0.05, 0) is 68.3 Å². The topological polar surface area (TPSA) is 41.0 Å². The van der Waals surface area contributed by atoms with Crippen LogP contribution in [0.25, 0.3) is 0 Å². The van der Waals surface area contributed by atoms with Gasteiger partial charge in [0, 0.05) is 43.4 Å². The van der Waals surface area contributed by atoms with Crippen LogP contribution in [0.5, 0.6) is 0 Å². The van der Waals surface area contributed by atoms with Gasteiger partial charge in [-0.1, -0.05) is 35.0 Å². The zero-order chi connectivity index (χ0) is 25.1. The number of halogens is 3. The Balaban J connectivity index is 1.25. The van der Waals surface area contributed by atoms with Gasteiger partial charge in [0.1, 0.15) is 12.3 Å². The molecule has 2 aliphatic rings. The summed E-state index contributed by atoms with van der Waals surface area (Å²) in [4.78, 5) is 14.7. The molecule has 0 amide bonds. The highest BCUT2D eigenvalue weighted by atomic mass is 35.5. The van der Waals surface area contributed by atoms with Crippen LogP contribution >= 0.6 is 11.6 Å². The number of para-hydroxylation sites is 1. The van der Waals surface area contributed by atoms with Crippen molar-refractivity contribution in [1.82, 2.24) is 9.88 Å². The van der Waals surface area contributed by atoms with Crippen molar-refractivity contribution in [3.05, 3.63) is 94.3 Å². The molecule has 2 aliphatic heterocycles. The smallest absolute Gasteiger partial charge is 0.159 e. The third-order valence-corrected chi connectivity index (χ3v) is 7.42. The summed E-state index contributed by atoms with van der Waals surface area (Å²) in [5.74, 6) is -1.84. The number of benzene rings is 2. The Morgan fingerprint density at radius 3 is 2.64 bits per heavy atom. The highest BCUT2D eigenvalue weighted by molar-refractivity contribution is 6.33. The van der Waals surface area contributed by atoms with Crippen molar-refractivity contribution in [2.24, 2.45) is 10.6 Å². The minimum atomic E-state index is -0.934. The van der Waals surface area contributed by atoms with E-state index in [1.165, 1.54) is 12.5 Å². The molecule has 36 heavy (non-hydrogen) atoms. The molecule has 0 N–H and O–H groups in total. The van der Waals surface area contributed by atoms with Gasteiger partial charge in [-0.25, -0.2) is 8.78 Å². The fourth-order valence-electron chi connectivity index (χ4n) is 5.28. The lowest BCUT2D eigenvalue weighted by molar-refractivity contribution is 0.159. The van der Waals surface area contributed by atoms with Gasteiger partial charge in [0.25, 0.3) is 0 Å². The minimum Gasteiger partial charge on any atom is -0.396 e. The van der Waals surface area contributed by atoms with Crippen molar-refractivity contribution in [3.8, 4) is 0 Å². The molecule has 1 aromatic heterocycles. The standard InChI is InChI=1S/C28H29ClF2N4O/c1-2-36-33-27(21-8-9-23(30)24(31)15-21)25-10-7-20(16-32-25)17-34-13-11-28(18-34)12-14-35(19-28)26-6-4-3-5-22(26)29/h3-10,15-16H,2,11-14,17-19H2,1H3/b33-27+. The van der Waals surface area contributed by atoms with Gasteiger partial charge < -0.3 is 9.74 Å². The number of anilines is 1. The molecule has 2 fully saturated rings. The van der Waals surface area contributed by atoms with Gasteiger partial charge in [-0.3, -0.25) is 9.88 Å². The highest BCUT2D eigenvalue weighted by Crippen LogP contribution is 2.42. The largest absolute Gasteiger partial charge is 0.396 e. The van der Waals surface area contributed by atoms with Crippen molar-refractivity contribution in [2.45, 2.75) is 26.3 Å². The number of hydrogen-bond donors (Lipinski definition) is 0. The van der Waals surface area contributed by atoms with E-state index in [-0.39, 0.29) is 5.41 Å². The molecule has 5 rings (SSSR count). The summed E-state index contributed by atoms with van der Waals surface area (Å²) in [5, 5.41) is 4.92. The van der Waals surface area contributed by atoms with Crippen molar-refractivity contribution < 1.29 is 13.6 Å². The van der Waals surface area contributed by atoms with E-state index in [2.05, 4.69) is 26.0 Å². The second kappa shape index (κ2) is 10.5. The fourth-order valence-corrected chi connectivity index (χ4v) is 5.54. The molecule has 0 saturated carbocycles. The molecule has 3 heterocycles. The first-order valence-corrected chi connectivity index (χ1v) is 12.7. The Bertz CT molecular complexity index is 1250. The minimum absolute atomic E-state index is 0.288. The predicted molar refractivity (Wildman–Crippen MR) is 138 cm³/mol. The van der Waals surface area contributed by atoms with Crippen molar-refractivity contribution in [3.63, 3.8) is 0 Å². The molecule has 2 saturated heterocycles. The predicted octanol–water partition coefficient (Wildman–Crippen LogP) is 5.90. The lowest BCUT2D eigenvalue weighted by atomic mass is 9.86. The molecule has 1 atom stereocenters. The molecule has 5 nitrogen and oxygen atoms in total. The Kier molecular flexibility index (Phi) is 7.21. The lowest BCUT2D eigenvalue weighted by Crippen LogP contribution is -2.30. The number of pyridine rings is 1. The SMILES string of the molecule is CCO/N=C(\c1ccc(F)c(F)c1)c1ccc(CN2CCC3(CCN(c4ccccc4Cl)C3)C2)cn1. The summed E-state index contributed by atoms with van der Waals surface area (Å²) in [6.45, 7) is 7.12. The molecule has 188 valence electrons. The Hall–Kier alpha value is -3.03. The Morgan fingerprint density at radius 2 is 1.89 bits per heavy atom. The van der Waals surface area contributed by atoms with Crippen LogP contribution in [-0.2, 0) is 11.4 Å². The van der Waals surface area contributed by atoms with Gasteiger partial charge in [0.15, 0.2) is 11.6 Å². The molecule has 0 radical (unpaired) electrons. The van der Waals surface area contributed by atoms with Gasteiger partial charge in [0.2, 0.25) is 0 Å². The fraction of sp³-hybridized carbons (Fsp3) is 0.357. The maximum Gasteiger partial charge on any atom is 0.159 e. The molecule has 2 aromatic carbocycles. The maximum atomic E-state index is 13.8. The maximum absolute atomic E-state index is 13.8. The first-order valence-electron chi connectivity index (χ1n) is 12.3. The lowest BCUT2D eigenvalue weighted by Gasteiger charge is -2.26. The van der Waals surface area contributed by atoms with E-state index < -0.39 is 11.6 Å². The highest BCUT2D eigenvalue weighted by Gasteiger charge is 2.43. The van der Waals surface area contributed by atoms with Gasteiger partial charge >= 0.3 is 0 Å². The normalized spacial score (nSPS) is 20.4. The summed E-state index contributed by atoms with van der Waals surface area (Å²) in [5.41, 5.74) is 3.83. The van der Waals surface area contributed by atoms with Crippen LogP contribution in [0.2, 0.25) is 5.02 Å². The van der Waals surface area contributed by atoms with Crippen LogP contribution in [0.15, 0.2) is 65.9 Å². The molecule has 0 aliphatic carbocycles. The molecular formula is C28H29ClF2N4O. The van der Waals surface area contributed by atoms with Crippen LogP contribution in [0.1, 0.15) is 36.6 Å². The van der Waals surface area contributed by atoms with Crippen molar-refractivity contribution in [2.75, 3.05) is 37.7 Å². The average Bonchev–Trinajstić information content (AvgIpc) is 3.48. The second-order valence-electron chi connectivity index (χ2n) is 9.62. The third-order valence-electron chi connectivity index (χ3n) is 7.10. The van der Waals surface area contributed by atoms with Crippen molar-refractivity contribution in [1.29, 1.82) is 0 Å². The quantitative estimate of drug-likeness (QED) is 0.293. The zero-order valence-corrected chi connectivity index (χ0v) is 21.0. The zero-order valence-electron chi connectivity index (χ0n) is 20.3. The molecular weight excluding hydrogens is 482 g/mol.